The number of fused-ring (bicyclic) bond motifs is 1. The molecule has 2 aliphatic rings. The van der Waals surface area contributed by atoms with Crippen molar-refractivity contribution in [3.63, 3.8) is 0 Å². The Balaban J connectivity index is 1.61. The molecule has 0 saturated heterocycles. The minimum atomic E-state index is -0.0891. The van der Waals surface area contributed by atoms with Gasteiger partial charge in [0, 0.05) is 19.0 Å². The zero-order chi connectivity index (χ0) is 26.7. The Morgan fingerprint density at radius 1 is 1.08 bits per heavy atom. The van der Waals surface area contributed by atoms with E-state index in [1.165, 1.54) is 5.57 Å². The highest BCUT2D eigenvalue weighted by Crippen LogP contribution is 2.24. The van der Waals surface area contributed by atoms with Gasteiger partial charge in [0.2, 0.25) is 0 Å². The van der Waals surface area contributed by atoms with Crippen LogP contribution in [0.2, 0.25) is 0 Å². The molecule has 2 aromatic rings. The molecule has 6 heteroatoms. The van der Waals surface area contributed by atoms with Gasteiger partial charge in [-0.25, -0.2) is 4.98 Å². The largest absolute Gasteiger partial charge is 0.494 e. The smallest absolute Gasteiger partial charge is 0.278 e. The minimum Gasteiger partial charge on any atom is -0.494 e. The summed E-state index contributed by atoms with van der Waals surface area (Å²) in [4.78, 5) is 21.9. The number of H-pyrrole nitrogens is 1. The van der Waals surface area contributed by atoms with Gasteiger partial charge in [-0.1, -0.05) is 79.1 Å². The molecule has 4 rings (SSSR count). The van der Waals surface area contributed by atoms with Crippen LogP contribution >= 0.6 is 0 Å². The third kappa shape index (κ3) is 7.11. The summed E-state index contributed by atoms with van der Waals surface area (Å²) in [6.45, 7) is 5.51. The van der Waals surface area contributed by atoms with Gasteiger partial charge in [0.25, 0.3) is 5.56 Å². The van der Waals surface area contributed by atoms with Crippen molar-refractivity contribution in [3.8, 4) is 22.8 Å². The van der Waals surface area contributed by atoms with Crippen molar-refractivity contribution in [1.29, 1.82) is 0 Å². The second-order valence-electron chi connectivity index (χ2n) is 9.66. The molecular formula is C32H38N4O2. The first kappa shape index (κ1) is 27.1. The first-order valence-corrected chi connectivity index (χ1v) is 13.5. The number of unbranched alkanes of at least 4 members (excludes halogenated alkanes) is 3. The van der Waals surface area contributed by atoms with Crippen molar-refractivity contribution in [2.24, 2.45) is 5.73 Å². The molecule has 38 heavy (non-hydrogen) atoms. The van der Waals surface area contributed by atoms with Crippen LogP contribution in [0.3, 0.4) is 0 Å². The second kappa shape index (κ2) is 13.6. The molecule has 0 atom stereocenters. The van der Waals surface area contributed by atoms with Crippen LogP contribution in [0.5, 0.6) is 5.75 Å². The molecular weight excluding hydrogens is 472 g/mol. The molecule has 6 nitrogen and oxygen atoms in total. The number of aromatic amines is 1. The molecule has 198 valence electrons. The summed E-state index contributed by atoms with van der Waals surface area (Å²) >= 11 is 0. The van der Waals surface area contributed by atoms with E-state index < -0.39 is 0 Å². The summed E-state index contributed by atoms with van der Waals surface area (Å²) in [7, 11) is 0. The Morgan fingerprint density at radius 2 is 1.89 bits per heavy atom. The van der Waals surface area contributed by atoms with Crippen molar-refractivity contribution in [3.05, 3.63) is 112 Å². The predicted molar refractivity (Wildman–Crippen MR) is 155 cm³/mol. The van der Waals surface area contributed by atoms with Gasteiger partial charge in [0.15, 0.2) is 5.82 Å². The maximum Gasteiger partial charge on any atom is 0.278 e. The van der Waals surface area contributed by atoms with Gasteiger partial charge in [-0.05, 0) is 56.5 Å². The van der Waals surface area contributed by atoms with Crippen LogP contribution in [0.1, 0.15) is 56.5 Å². The number of hydrogen-bond donors (Lipinski definition) is 2. The van der Waals surface area contributed by atoms with Crippen LogP contribution in [0.15, 0.2) is 89.4 Å². The SMILES string of the molecule is C/C=C\C=C(/C)Cc1[nH]c(-c2ccccc2)cn2c(=O)c(Cc3cccc(OCCCCCCN)c3)nc1-2. The third-order valence-corrected chi connectivity index (χ3v) is 6.50. The van der Waals surface area contributed by atoms with Crippen LogP contribution in [-0.2, 0) is 12.8 Å². The molecule has 0 spiro atoms. The van der Waals surface area contributed by atoms with E-state index in [1.807, 2.05) is 79.9 Å². The molecule has 2 aliphatic heterocycles. The Bertz CT molecular complexity index is 1400. The predicted octanol–water partition coefficient (Wildman–Crippen LogP) is 6.22. The molecule has 0 amide bonds. The molecule has 3 N–H and O–H groups in total. The highest BCUT2D eigenvalue weighted by atomic mass is 16.5. The molecule has 0 aromatic heterocycles. The summed E-state index contributed by atoms with van der Waals surface area (Å²) in [5.41, 5.74) is 11.0. The number of nitrogens with one attached hydrogen (secondary N) is 1. The lowest BCUT2D eigenvalue weighted by Crippen LogP contribution is -2.17. The number of allylic oxidation sites excluding steroid dienone is 4. The van der Waals surface area contributed by atoms with Gasteiger partial charge in [-0.2, -0.15) is 0 Å². The molecule has 0 saturated carbocycles. The number of nitrogens with two attached hydrogens (primary N) is 1. The van der Waals surface area contributed by atoms with Gasteiger partial charge < -0.3 is 15.5 Å². The van der Waals surface area contributed by atoms with Crippen molar-refractivity contribution in [2.45, 2.75) is 52.4 Å². The monoisotopic (exact) mass is 510 g/mol. The molecule has 2 heterocycles. The van der Waals surface area contributed by atoms with Crippen LogP contribution in [0.25, 0.3) is 17.1 Å². The van der Waals surface area contributed by atoms with E-state index in [-0.39, 0.29) is 5.56 Å². The molecule has 2 aromatic carbocycles. The highest BCUT2D eigenvalue weighted by Gasteiger charge is 2.20. The Kier molecular flexibility index (Phi) is 9.71. The topological polar surface area (TPSA) is 85.9 Å². The van der Waals surface area contributed by atoms with Gasteiger partial charge in [-0.3, -0.25) is 9.36 Å². The first-order chi connectivity index (χ1) is 18.6. The Labute approximate surface area is 225 Å². The molecule has 0 aliphatic carbocycles. The van der Waals surface area contributed by atoms with Crippen LogP contribution < -0.4 is 16.0 Å². The normalized spacial score (nSPS) is 12.0. The zero-order valence-corrected chi connectivity index (χ0v) is 22.5. The quantitative estimate of drug-likeness (QED) is 0.165. The van der Waals surface area contributed by atoms with Crippen molar-refractivity contribution >= 4 is 0 Å². The number of aromatic nitrogens is 3. The van der Waals surface area contributed by atoms with Gasteiger partial charge in [0.1, 0.15) is 11.4 Å². The number of rotatable bonds is 13. The lowest BCUT2D eigenvalue weighted by Gasteiger charge is -2.13. The summed E-state index contributed by atoms with van der Waals surface area (Å²) in [6.07, 6.45) is 13.4. The number of hydrogen-bond acceptors (Lipinski definition) is 4. The molecule has 0 bridgehead atoms. The second-order valence-corrected chi connectivity index (χ2v) is 9.66. The fourth-order valence-corrected chi connectivity index (χ4v) is 4.51. The fraction of sp³-hybridized carbons (Fsp3) is 0.312. The van der Waals surface area contributed by atoms with E-state index in [1.54, 1.807) is 4.57 Å². The van der Waals surface area contributed by atoms with Gasteiger partial charge >= 0.3 is 0 Å². The summed E-state index contributed by atoms with van der Waals surface area (Å²) in [6, 6.07) is 18.0. The van der Waals surface area contributed by atoms with E-state index in [0.29, 0.717) is 31.0 Å². The Hall–Kier alpha value is -3.90. The summed E-state index contributed by atoms with van der Waals surface area (Å²) < 4.78 is 7.65. The lowest BCUT2D eigenvalue weighted by molar-refractivity contribution is 0.304. The van der Waals surface area contributed by atoms with E-state index in [4.69, 9.17) is 15.5 Å². The van der Waals surface area contributed by atoms with E-state index >= 15 is 0 Å². The number of benzene rings is 2. The van der Waals surface area contributed by atoms with E-state index in [2.05, 4.69) is 18.0 Å². The van der Waals surface area contributed by atoms with Gasteiger partial charge in [-0.15, -0.1) is 0 Å². The maximum atomic E-state index is 13.5. The minimum absolute atomic E-state index is 0.0891. The lowest BCUT2D eigenvalue weighted by atomic mass is 10.1. The standard InChI is InChI=1S/C32H38N4O2/c1-3-4-13-24(2)20-28-31-35-29(32(37)36(31)23-30(34-28)26-15-8-7-9-16-26)22-25-14-12-17-27(21-25)38-19-11-6-5-10-18-33/h3-4,7-9,12-17,21,23,34H,5-6,10-11,18-20,22,33H2,1-2H3/b4-3-,24-13+. The van der Waals surface area contributed by atoms with Gasteiger partial charge in [0.05, 0.1) is 18.0 Å². The first-order valence-electron chi connectivity index (χ1n) is 13.5. The molecule has 0 fully saturated rings. The molecule has 0 radical (unpaired) electrons. The Morgan fingerprint density at radius 3 is 2.68 bits per heavy atom. The number of ether oxygens (including phenoxy) is 1. The molecule has 0 unspecified atom stereocenters. The van der Waals surface area contributed by atoms with Crippen LogP contribution in [0, 0.1) is 0 Å². The van der Waals surface area contributed by atoms with Crippen molar-refractivity contribution in [1.82, 2.24) is 14.5 Å². The summed E-state index contributed by atoms with van der Waals surface area (Å²) in [5.74, 6) is 1.49. The number of nitrogens with zero attached hydrogens (tertiary/aromatic N) is 2. The van der Waals surface area contributed by atoms with E-state index in [0.717, 1.165) is 60.5 Å². The highest BCUT2D eigenvalue weighted by molar-refractivity contribution is 5.60. The average Bonchev–Trinajstić information content (AvgIpc) is 3.25. The number of imidazole rings is 1. The third-order valence-electron chi connectivity index (χ3n) is 6.50. The maximum absolute atomic E-state index is 13.5. The van der Waals surface area contributed by atoms with Crippen LogP contribution in [-0.4, -0.2) is 27.7 Å². The zero-order valence-electron chi connectivity index (χ0n) is 22.5. The average molecular weight is 511 g/mol. The fourth-order valence-electron chi connectivity index (χ4n) is 4.51. The summed E-state index contributed by atoms with van der Waals surface area (Å²) in [5, 5.41) is 0. The van der Waals surface area contributed by atoms with Crippen molar-refractivity contribution < 1.29 is 4.74 Å². The van der Waals surface area contributed by atoms with Crippen LogP contribution in [0.4, 0.5) is 0 Å². The van der Waals surface area contributed by atoms with E-state index in [9.17, 15) is 4.79 Å². The van der Waals surface area contributed by atoms with Crippen molar-refractivity contribution in [2.75, 3.05) is 13.2 Å².